The molecule has 2 aromatic carbocycles. The van der Waals surface area contributed by atoms with Gasteiger partial charge in [-0.15, -0.1) is 5.10 Å². The highest BCUT2D eigenvalue weighted by atomic mass is 32.2. The fourth-order valence-corrected chi connectivity index (χ4v) is 3.82. The number of nitrogens with one attached hydrogen (secondary N) is 2. The second-order valence-electron chi connectivity index (χ2n) is 6.35. The van der Waals surface area contributed by atoms with Gasteiger partial charge in [-0.3, -0.25) is 10.1 Å². The number of hydrogen-bond acceptors (Lipinski definition) is 7. The molecule has 0 spiro atoms. The van der Waals surface area contributed by atoms with E-state index in [4.69, 9.17) is 0 Å². The van der Waals surface area contributed by atoms with Crippen molar-refractivity contribution < 1.29 is 4.92 Å². The highest BCUT2D eigenvalue weighted by Gasteiger charge is 2.08. The summed E-state index contributed by atoms with van der Waals surface area (Å²) < 4.78 is 0. The van der Waals surface area contributed by atoms with Crippen molar-refractivity contribution in [2.24, 2.45) is 5.10 Å². The molecule has 2 N–H and O–H groups in total. The second-order valence-corrected chi connectivity index (χ2v) is 7.30. The SMILES string of the molecule is Cc1cc(C)c(CSc2n[nH]c(N/N=C\c3cccc([N+](=O)[O-])c3)n2)c(C)c1. The van der Waals surface area contributed by atoms with Crippen molar-refractivity contribution in [1.29, 1.82) is 0 Å². The van der Waals surface area contributed by atoms with Crippen LogP contribution in [0.3, 0.4) is 0 Å². The summed E-state index contributed by atoms with van der Waals surface area (Å²) in [6.45, 7) is 6.32. The highest BCUT2D eigenvalue weighted by molar-refractivity contribution is 7.98. The molecule has 0 amide bonds. The van der Waals surface area contributed by atoms with Gasteiger partial charge in [0.2, 0.25) is 11.1 Å². The van der Waals surface area contributed by atoms with Crippen molar-refractivity contribution >= 4 is 29.6 Å². The van der Waals surface area contributed by atoms with Crippen molar-refractivity contribution in [2.75, 3.05) is 5.43 Å². The number of H-pyrrole nitrogens is 1. The Labute approximate surface area is 166 Å². The third-order valence-corrected chi connectivity index (χ3v) is 4.99. The fourth-order valence-electron chi connectivity index (χ4n) is 2.82. The Hall–Kier alpha value is -3.20. The normalized spacial score (nSPS) is 11.1. The molecule has 1 heterocycles. The van der Waals surface area contributed by atoms with E-state index in [0.717, 1.165) is 5.75 Å². The van der Waals surface area contributed by atoms with Gasteiger partial charge in [-0.2, -0.15) is 10.1 Å². The summed E-state index contributed by atoms with van der Waals surface area (Å²) in [5.74, 6) is 1.19. The van der Waals surface area contributed by atoms with E-state index < -0.39 is 4.92 Å². The quantitative estimate of drug-likeness (QED) is 0.265. The molecule has 0 radical (unpaired) electrons. The van der Waals surface area contributed by atoms with E-state index in [-0.39, 0.29) is 5.69 Å². The fraction of sp³-hybridized carbons (Fsp3) is 0.211. The molecule has 9 heteroatoms. The molecule has 0 bridgehead atoms. The number of nitro groups is 1. The average molecular weight is 396 g/mol. The first-order valence-electron chi connectivity index (χ1n) is 8.58. The molecule has 0 saturated heterocycles. The lowest BCUT2D eigenvalue weighted by molar-refractivity contribution is -0.384. The van der Waals surface area contributed by atoms with Gasteiger partial charge in [0, 0.05) is 23.4 Å². The van der Waals surface area contributed by atoms with Gasteiger partial charge in [0.15, 0.2) is 0 Å². The first-order chi connectivity index (χ1) is 13.4. The molecule has 3 rings (SSSR count). The number of benzene rings is 2. The van der Waals surface area contributed by atoms with Crippen LogP contribution in [0.15, 0.2) is 46.7 Å². The van der Waals surface area contributed by atoms with Gasteiger partial charge in [0.1, 0.15) is 0 Å². The Bertz CT molecular complexity index is 1010. The van der Waals surface area contributed by atoms with Crippen LogP contribution in [0.2, 0.25) is 0 Å². The molecule has 8 nitrogen and oxygen atoms in total. The van der Waals surface area contributed by atoms with Gasteiger partial charge in [0.25, 0.3) is 5.69 Å². The number of nitro benzene ring substituents is 1. The predicted octanol–water partition coefficient (Wildman–Crippen LogP) is 4.38. The van der Waals surface area contributed by atoms with Crippen LogP contribution >= 0.6 is 11.8 Å². The number of hydrazone groups is 1. The number of nitrogens with zero attached hydrogens (tertiary/aromatic N) is 4. The van der Waals surface area contributed by atoms with Crippen LogP contribution in [-0.2, 0) is 5.75 Å². The van der Waals surface area contributed by atoms with E-state index in [1.807, 2.05) is 0 Å². The summed E-state index contributed by atoms with van der Waals surface area (Å²) in [4.78, 5) is 14.7. The van der Waals surface area contributed by atoms with Gasteiger partial charge in [0.05, 0.1) is 11.1 Å². The summed E-state index contributed by atoms with van der Waals surface area (Å²) in [5.41, 5.74) is 8.46. The van der Waals surface area contributed by atoms with Crippen molar-refractivity contribution in [3.05, 3.63) is 74.3 Å². The van der Waals surface area contributed by atoms with E-state index in [9.17, 15) is 10.1 Å². The summed E-state index contributed by atoms with van der Waals surface area (Å²) in [6, 6.07) is 10.6. The molecule has 144 valence electrons. The van der Waals surface area contributed by atoms with Crippen LogP contribution in [0.5, 0.6) is 0 Å². The van der Waals surface area contributed by atoms with E-state index in [2.05, 4.69) is 58.6 Å². The average Bonchev–Trinajstić information content (AvgIpc) is 3.09. The van der Waals surface area contributed by atoms with Crippen LogP contribution < -0.4 is 5.43 Å². The molecule has 0 saturated carbocycles. The number of anilines is 1. The van der Waals surface area contributed by atoms with Gasteiger partial charge in [-0.1, -0.05) is 41.6 Å². The van der Waals surface area contributed by atoms with Crippen LogP contribution in [0.4, 0.5) is 11.6 Å². The summed E-state index contributed by atoms with van der Waals surface area (Å²) in [7, 11) is 0. The van der Waals surface area contributed by atoms with Gasteiger partial charge >= 0.3 is 0 Å². The Morgan fingerprint density at radius 1 is 1.25 bits per heavy atom. The molecule has 0 fully saturated rings. The maximum atomic E-state index is 10.8. The summed E-state index contributed by atoms with van der Waals surface area (Å²) >= 11 is 1.54. The lowest BCUT2D eigenvalue weighted by Crippen LogP contribution is -1.94. The summed E-state index contributed by atoms with van der Waals surface area (Å²) in [5, 5.41) is 22.4. The molecule has 1 aromatic heterocycles. The number of aryl methyl sites for hydroxylation is 3. The van der Waals surface area contributed by atoms with E-state index >= 15 is 0 Å². The van der Waals surface area contributed by atoms with Crippen molar-refractivity contribution in [2.45, 2.75) is 31.7 Å². The Morgan fingerprint density at radius 2 is 2.00 bits per heavy atom. The number of non-ortho nitro benzene ring substituents is 1. The minimum absolute atomic E-state index is 0.0176. The van der Waals surface area contributed by atoms with Crippen molar-refractivity contribution in [3.63, 3.8) is 0 Å². The largest absolute Gasteiger partial charge is 0.270 e. The van der Waals surface area contributed by atoms with Crippen LogP contribution in [0.1, 0.15) is 27.8 Å². The molecular weight excluding hydrogens is 376 g/mol. The Balaban J connectivity index is 1.59. The lowest BCUT2D eigenvalue weighted by Gasteiger charge is -2.09. The topological polar surface area (TPSA) is 109 Å². The third kappa shape index (κ3) is 4.95. The smallest absolute Gasteiger partial charge is 0.258 e. The molecule has 0 atom stereocenters. The van der Waals surface area contributed by atoms with Crippen LogP contribution in [0, 0.1) is 30.9 Å². The molecular formula is C19H20N6O2S. The third-order valence-electron chi connectivity index (χ3n) is 4.12. The predicted molar refractivity (Wildman–Crippen MR) is 111 cm³/mol. The monoisotopic (exact) mass is 396 g/mol. The lowest BCUT2D eigenvalue weighted by atomic mass is 10.0. The van der Waals surface area contributed by atoms with Crippen molar-refractivity contribution in [3.8, 4) is 0 Å². The molecule has 3 aromatic rings. The number of aromatic nitrogens is 3. The zero-order chi connectivity index (χ0) is 20.1. The molecule has 0 unspecified atom stereocenters. The zero-order valence-corrected chi connectivity index (χ0v) is 16.6. The van der Waals surface area contributed by atoms with E-state index in [1.165, 1.54) is 40.6 Å². The molecule has 0 aliphatic rings. The molecule has 0 aliphatic carbocycles. The zero-order valence-electron chi connectivity index (χ0n) is 15.8. The van der Waals surface area contributed by atoms with Gasteiger partial charge in [-0.25, -0.2) is 10.5 Å². The minimum atomic E-state index is -0.442. The highest BCUT2D eigenvalue weighted by Crippen LogP contribution is 2.25. The Morgan fingerprint density at radius 3 is 2.71 bits per heavy atom. The van der Waals surface area contributed by atoms with Crippen LogP contribution in [0.25, 0.3) is 0 Å². The molecule has 28 heavy (non-hydrogen) atoms. The standard InChI is InChI=1S/C19H20N6O2S/c1-12-7-13(2)17(14(3)8-12)11-28-19-21-18(23-24-19)22-20-10-15-5-4-6-16(9-15)25(26)27/h4-10H,11H2,1-3H3,(H2,21,22,23,24)/b20-10-. The maximum absolute atomic E-state index is 10.8. The minimum Gasteiger partial charge on any atom is -0.258 e. The van der Waals surface area contributed by atoms with E-state index in [1.54, 1.807) is 23.9 Å². The number of hydrogen-bond donors (Lipinski definition) is 2. The first kappa shape index (κ1) is 19.6. The summed E-state index contributed by atoms with van der Waals surface area (Å²) in [6.07, 6.45) is 1.49. The maximum Gasteiger partial charge on any atom is 0.270 e. The second kappa shape index (κ2) is 8.66. The first-order valence-corrected chi connectivity index (χ1v) is 9.56. The molecule has 0 aliphatic heterocycles. The van der Waals surface area contributed by atoms with Gasteiger partial charge in [-0.05, 0) is 37.5 Å². The van der Waals surface area contributed by atoms with E-state index in [0.29, 0.717) is 16.7 Å². The number of rotatable bonds is 7. The van der Waals surface area contributed by atoms with Crippen LogP contribution in [-0.4, -0.2) is 26.3 Å². The van der Waals surface area contributed by atoms with Crippen molar-refractivity contribution in [1.82, 2.24) is 15.2 Å². The van der Waals surface area contributed by atoms with Gasteiger partial charge < -0.3 is 0 Å². The number of thioether (sulfide) groups is 1. The number of aromatic amines is 1. The Kier molecular flexibility index (Phi) is 6.05.